The van der Waals surface area contributed by atoms with E-state index in [4.69, 9.17) is 4.74 Å². The van der Waals surface area contributed by atoms with E-state index in [2.05, 4.69) is 14.9 Å². The van der Waals surface area contributed by atoms with Crippen molar-refractivity contribution in [3.05, 3.63) is 54.0 Å². The Morgan fingerprint density at radius 3 is 2.34 bits per heavy atom. The molecule has 170 valence electrons. The van der Waals surface area contributed by atoms with Crippen LogP contribution in [-0.2, 0) is 11.3 Å². The fraction of sp³-hybridized carbons (Fsp3) is 0.500. The summed E-state index contributed by atoms with van der Waals surface area (Å²) in [6, 6.07) is 9.87. The first kappa shape index (κ1) is 22.0. The van der Waals surface area contributed by atoms with E-state index in [1.54, 1.807) is 18.1 Å². The lowest BCUT2D eigenvalue weighted by molar-refractivity contribution is 0.0282. The summed E-state index contributed by atoms with van der Waals surface area (Å²) < 4.78 is 5.51. The van der Waals surface area contributed by atoms with Crippen molar-refractivity contribution in [1.29, 1.82) is 0 Å². The molecule has 0 spiro atoms. The van der Waals surface area contributed by atoms with Gasteiger partial charge in [0.25, 0.3) is 5.91 Å². The molecule has 0 aliphatic carbocycles. The molecule has 2 aliphatic rings. The van der Waals surface area contributed by atoms with Gasteiger partial charge in [0.15, 0.2) is 0 Å². The highest BCUT2D eigenvalue weighted by atomic mass is 16.6. The number of aromatic nitrogens is 2. The summed E-state index contributed by atoms with van der Waals surface area (Å²) in [4.78, 5) is 39.8. The van der Waals surface area contributed by atoms with Crippen molar-refractivity contribution in [2.45, 2.75) is 32.9 Å². The highest BCUT2D eigenvalue weighted by Gasteiger charge is 2.43. The molecule has 2 aliphatic heterocycles. The molecule has 8 nitrogen and oxygen atoms in total. The normalized spacial score (nSPS) is 20.2. The van der Waals surface area contributed by atoms with Crippen molar-refractivity contribution in [3.63, 3.8) is 0 Å². The first-order chi connectivity index (χ1) is 15.2. The van der Waals surface area contributed by atoms with Gasteiger partial charge < -0.3 is 19.4 Å². The van der Waals surface area contributed by atoms with E-state index in [1.807, 2.05) is 56.0 Å². The standard InChI is InChI=1S/C24H31N5O3/c1-24(2,3)32-23(31)29-15-18-13-28(14-19(18)16-29)21-11-25-10-20(26-21)22(30)27(4)12-17-8-6-5-7-9-17/h5-11,18-19H,12-16H2,1-4H3. The molecule has 2 amide bonds. The molecule has 2 saturated heterocycles. The zero-order valence-corrected chi connectivity index (χ0v) is 19.2. The fourth-order valence-electron chi connectivity index (χ4n) is 4.39. The highest BCUT2D eigenvalue weighted by Crippen LogP contribution is 2.33. The second-order valence-corrected chi connectivity index (χ2v) is 9.72. The molecule has 0 N–H and O–H groups in total. The number of nitrogens with zero attached hydrogens (tertiary/aromatic N) is 5. The van der Waals surface area contributed by atoms with E-state index in [0.717, 1.165) is 18.7 Å². The fourth-order valence-corrected chi connectivity index (χ4v) is 4.39. The maximum atomic E-state index is 12.9. The van der Waals surface area contributed by atoms with Gasteiger partial charge in [-0.05, 0) is 26.3 Å². The largest absolute Gasteiger partial charge is 0.444 e. The summed E-state index contributed by atoms with van der Waals surface area (Å²) in [5.41, 5.74) is 0.916. The third-order valence-electron chi connectivity index (χ3n) is 5.91. The molecule has 2 unspecified atom stereocenters. The maximum absolute atomic E-state index is 12.9. The third-order valence-corrected chi connectivity index (χ3v) is 5.91. The summed E-state index contributed by atoms with van der Waals surface area (Å²) in [5, 5.41) is 0. The summed E-state index contributed by atoms with van der Waals surface area (Å²) in [7, 11) is 1.77. The number of likely N-dealkylation sites (tertiary alicyclic amines) is 1. The second kappa shape index (κ2) is 8.76. The second-order valence-electron chi connectivity index (χ2n) is 9.72. The van der Waals surface area contributed by atoms with Gasteiger partial charge >= 0.3 is 6.09 Å². The van der Waals surface area contributed by atoms with Gasteiger partial charge in [0.05, 0.1) is 12.4 Å². The summed E-state index contributed by atoms with van der Waals surface area (Å²) in [5.74, 6) is 1.29. The smallest absolute Gasteiger partial charge is 0.410 e. The third kappa shape index (κ3) is 5.00. The maximum Gasteiger partial charge on any atom is 0.410 e. The molecule has 8 heteroatoms. The van der Waals surface area contributed by atoms with E-state index in [1.165, 1.54) is 6.20 Å². The van der Waals surface area contributed by atoms with E-state index in [0.29, 0.717) is 43.0 Å². The SMILES string of the molecule is CN(Cc1ccccc1)C(=O)c1cncc(N2CC3CN(C(=O)OC(C)(C)C)CC3C2)n1. The predicted molar refractivity (Wildman–Crippen MR) is 121 cm³/mol. The Morgan fingerprint density at radius 1 is 1.06 bits per heavy atom. The number of hydrogen-bond acceptors (Lipinski definition) is 6. The monoisotopic (exact) mass is 437 g/mol. The number of fused-ring (bicyclic) bond motifs is 1. The average molecular weight is 438 g/mol. The molecule has 3 heterocycles. The van der Waals surface area contributed by atoms with Crippen molar-refractivity contribution in [2.24, 2.45) is 11.8 Å². The van der Waals surface area contributed by atoms with Gasteiger partial charge in [-0.2, -0.15) is 0 Å². The molecule has 32 heavy (non-hydrogen) atoms. The Bertz CT molecular complexity index is 961. The van der Waals surface area contributed by atoms with Gasteiger partial charge in [-0.15, -0.1) is 0 Å². The Morgan fingerprint density at radius 2 is 1.72 bits per heavy atom. The van der Waals surface area contributed by atoms with Crippen molar-refractivity contribution >= 4 is 17.8 Å². The molecule has 1 aromatic heterocycles. The van der Waals surface area contributed by atoms with Crippen LogP contribution in [0.2, 0.25) is 0 Å². The Balaban J connectivity index is 1.37. The minimum absolute atomic E-state index is 0.154. The predicted octanol–water partition coefficient (Wildman–Crippen LogP) is 3.05. The minimum atomic E-state index is -0.489. The van der Waals surface area contributed by atoms with Gasteiger partial charge in [0.1, 0.15) is 17.1 Å². The zero-order valence-electron chi connectivity index (χ0n) is 19.2. The molecule has 0 saturated carbocycles. The van der Waals surface area contributed by atoms with Gasteiger partial charge in [0.2, 0.25) is 0 Å². The lowest BCUT2D eigenvalue weighted by atomic mass is 10.0. The van der Waals surface area contributed by atoms with Crippen LogP contribution in [0.5, 0.6) is 0 Å². The first-order valence-electron chi connectivity index (χ1n) is 11.0. The number of ether oxygens (including phenoxy) is 1. The van der Waals surface area contributed by atoms with Crippen molar-refractivity contribution in [3.8, 4) is 0 Å². The summed E-state index contributed by atoms with van der Waals surface area (Å²) in [6.07, 6.45) is 2.99. The van der Waals surface area contributed by atoms with Crippen LogP contribution in [0.1, 0.15) is 36.8 Å². The molecular formula is C24H31N5O3. The van der Waals surface area contributed by atoms with Crippen LogP contribution in [0.4, 0.5) is 10.6 Å². The van der Waals surface area contributed by atoms with Crippen LogP contribution in [0, 0.1) is 11.8 Å². The molecule has 0 radical (unpaired) electrons. The van der Waals surface area contributed by atoms with Crippen molar-refractivity contribution < 1.29 is 14.3 Å². The van der Waals surface area contributed by atoms with Crippen LogP contribution in [0.25, 0.3) is 0 Å². The highest BCUT2D eigenvalue weighted by molar-refractivity contribution is 5.92. The Labute approximate surface area is 189 Å². The van der Waals surface area contributed by atoms with Gasteiger partial charge in [-0.25, -0.2) is 9.78 Å². The number of amides is 2. The minimum Gasteiger partial charge on any atom is -0.444 e. The first-order valence-corrected chi connectivity index (χ1v) is 11.0. The molecule has 1 aromatic carbocycles. The lowest BCUT2D eigenvalue weighted by Crippen LogP contribution is -2.37. The van der Waals surface area contributed by atoms with E-state index in [-0.39, 0.29) is 12.0 Å². The molecule has 2 fully saturated rings. The number of hydrogen-bond donors (Lipinski definition) is 0. The molecule has 2 aromatic rings. The number of carbonyl (C=O) groups excluding carboxylic acids is 2. The van der Waals surface area contributed by atoms with Gasteiger partial charge in [0, 0.05) is 51.6 Å². The molecule has 0 bridgehead atoms. The van der Waals surface area contributed by atoms with Crippen LogP contribution in [-0.4, -0.2) is 70.6 Å². The number of anilines is 1. The number of benzene rings is 1. The Kier molecular flexibility index (Phi) is 6.04. The quantitative estimate of drug-likeness (QED) is 0.732. The Hall–Kier alpha value is -3.16. The van der Waals surface area contributed by atoms with Crippen molar-refractivity contribution in [1.82, 2.24) is 19.8 Å². The molecular weight excluding hydrogens is 406 g/mol. The molecule has 2 atom stereocenters. The zero-order chi connectivity index (χ0) is 22.9. The van der Waals surface area contributed by atoms with Crippen molar-refractivity contribution in [2.75, 3.05) is 38.1 Å². The topological polar surface area (TPSA) is 78.9 Å². The van der Waals surface area contributed by atoms with Crippen LogP contribution >= 0.6 is 0 Å². The summed E-state index contributed by atoms with van der Waals surface area (Å²) >= 11 is 0. The van der Waals surface area contributed by atoms with Gasteiger partial charge in [-0.3, -0.25) is 9.78 Å². The van der Waals surface area contributed by atoms with E-state index < -0.39 is 5.60 Å². The molecule has 4 rings (SSSR count). The lowest BCUT2D eigenvalue weighted by Gasteiger charge is -2.26. The van der Waals surface area contributed by atoms with E-state index in [9.17, 15) is 9.59 Å². The van der Waals surface area contributed by atoms with Crippen LogP contribution < -0.4 is 4.90 Å². The number of rotatable bonds is 4. The van der Waals surface area contributed by atoms with Gasteiger partial charge in [-0.1, -0.05) is 30.3 Å². The van der Waals surface area contributed by atoms with Crippen LogP contribution in [0.3, 0.4) is 0 Å². The number of carbonyl (C=O) groups is 2. The van der Waals surface area contributed by atoms with Crippen LogP contribution in [0.15, 0.2) is 42.7 Å². The summed E-state index contributed by atoms with van der Waals surface area (Å²) in [6.45, 7) is 9.10. The van der Waals surface area contributed by atoms with E-state index >= 15 is 0 Å². The average Bonchev–Trinajstić information content (AvgIpc) is 3.32.